The number of nitrogens with one attached hydrogen (secondary N) is 1. The first-order valence-electron chi connectivity index (χ1n) is 6.52. The zero-order chi connectivity index (χ0) is 13.8. The van der Waals surface area contributed by atoms with E-state index in [-0.39, 0.29) is 11.9 Å². The van der Waals surface area contributed by atoms with E-state index in [4.69, 9.17) is 5.11 Å². The monoisotopic (exact) mass is 262 g/mol. The van der Waals surface area contributed by atoms with Crippen LogP contribution in [0.5, 0.6) is 0 Å². The summed E-state index contributed by atoms with van der Waals surface area (Å²) in [6, 6.07) is 3.55. The molecule has 0 aromatic carbocycles. The minimum atomic E-state index is -0.866. The Morgan fingerprint density at radius 3 is 2.58 bits per heavy atom. The molecule has 0 bridgehead atoms. The molecule has 3 atom stereocenters. The Morgan fingerprint density at radius 2 is 1.95 bits per heavy atom. The summed E-state index contributed by atoms with van der Waals surface area (Å²) in [5.41, 5.74) is 0.966. The quantitative estimate of drug-likeness (QED) is 0.866. The minimum Gasteiger partial charge on any atom is -0.481 e. The molecule has 1 aliphatic rings. The number of nitrogens with zero attached hydrogens (tertiary/aromatic N) is 1. The van der Waals surface area contributed by atoms with Crippen LogP contribution in [0.15, 0.2) is 24.5 Å². The maximum Gasteiger partial charge on any atom is 0.307 e. The van der Waals surface area contributed by atoms with Crippen LogP contribution in [-0.4, -0.2) is 22.0 Å². The highest BCUT2D eigenvalue weighted by atomic mass is 16.4. The van der Waals surface area contributed by atoms with Crippen LogP contribution in [-0.2, 0) is 9.59 Å². The summed E-state index contributed by atoms with van der Waals surface area (Å²) in [5.74, 6) is -1.96. The lowest BCUT2D eigenvalue weighted by molar-refractivity contribution is -0.146. The molecule has 1 aromatic heterocycles. The summed E-state index contributed by atoms with van der Waals surface area (Å²) in [6.45, 7) is 1.89. The summed E-state index contributed by atoms with van der Waals surface area (Å²) in [5, 5.41) is 12.0. The van der Waals surface area contributed by atoms with Gasteiger partial charge in [0.05, 0.1) is 17.9 Å². The number of pyridine rings is 1. The summed E-state index contributed by atoms with van der Waals surface area (Å²) < 4.78 is 0. The second-order valence-electron chi connectivity index (χ2n) is 4.99. The van der Waals surface area contributed by atoms with Crippen LogP contribution in [0.25, 0.3) is 0 Å². The summed E-state index contributed by atoms with van der Waals surface area (Å²) in [7, 11) is 0. The molecular weight excluding hydrogens is 244 g/mol. The smallest absolute Gasteiger partial charge is 0.307 e. The van der Waals surface area contributed by atoms with Crippen molar-refractivity contribution in [2.75, 3.05) is 0 Å². The van der Waals surface area contributed by atoms with E-state index >= 15 is 0 Å². The van der Waals surface area contributed by atoms with Crippen molar-refractivity contribution in [2.24, 2.45) is 11.8 Å². The zero-order valence-electron chi connectivity index (χ0n) is 10.9. The van der Waals surface area contributed by atoms with Gasteiger partial charge < -0.3 is 10.4 Å². The Bertz CT molecular complexity index is 461. The molecule has 5 heteroatoms. The molecule has 19 heavy (non-hydrogen) atoms. The van der Waals surface area contributed by atoms with E-state index < -0.39 is 17.8 Å². The summed E-state index contributed by atoms with van der Waals surface area (Å²) in [6.07, 6.45) is 5.41. The standard InChI is InChI=1S/C14H18N2O3/c1-9(10-5-7-15-8-6-10)16-13(17)11-3-2-4-12(11)14(18)19/h5-9,11-12H,2-4H2,1H3,(H,16,17)(H,18,19)/t9-,11?,12?/m1/s1. The number of aliphatic carboxylic acids is 1. The van der Waals surface area contributed by atoms with Gasteiger partial charge in [-0.3, -0.25) is 14.6 Å². The Balaban J connectivity index is 1.99. The maximum absolute atomic E-state index is 12.2. The average Bonchev–Trinajstić information content (AvgIpc) is 2.89. The number of carbonyl (C=O) groups excluding carboxylic acids is 1. The molecule has 2 N–H and O–H groups in total. The van der Waals surface area contributed by atoms with Crippen molar-refractivity contribution in [3.05, 3.63) is 30.1 Å². The van der Waals surface area contributed by atoms with Gasteiger partial charge in [0, 0.05) is 12.4 Å². The van der Waals surface area contributed by atoms with Crippen molar-refractivity contribution < 1.29 is 14.7 Å². The van der Waals surface area contributed by atoms with Crippen molar-refractivity contribution in [1.29, 1.82) is 0 Å². The summed E-state index contributed by atoms with van der Waals surface area (Å²) >= 11 is 0. The molecule has 1 fully saturated rings. The molecule has 1 aromatic rings. The van der Waals surface area contributed by atoms with Gasteiger partial charge in [0.25, 0.3) is 0 Å². The maximum atomic E-state index is 12.2. The largest absolute Gasteiger partial charge is 0.481 e. The third kappa shape index (κ3) is 3.10. The van der Waals surface area contributed by atoms with Gasteiger partial charge >= 0.3 is 5.97 Å². The van der Waals surface area contributed by atoms with Gasteiger partial charge in [-0.2, -0.15) is 0 Å². The van der Waals surface area contributed by atoms with Crippen molar-refractivity contribution in [3.63, 3.8) is 0 Å². The number of amides is 1. The van der Waals surface area contributed by atoms with E-state index in [0.717, 1.165) is 12.0 Å². The number of rotatable bonds is 4. The number of carboxylic acid groups (broad SMARTS) is 1. The average molecular weight is 262 g/mol. The van der Waals surface area contributed by atoms with Gasteiger partial charge in [-0.15, -0.1) is 0 Å². The van der Waals surface area contributed by atoms with Crippen LogP contribution in [0.4, 0.5) is 0 Å². The third-order valence-corrected chi connectivity index (χ3v) is 3.73. The second kappa shape index (κ2) is 5.82. The Labute approximate surface area is 112 Å². The van der Waals surface area contributed by atoms with Gasteiger partial charge in [0.1, 0.15) is 0 Å². The molecule has 0 saturated heterocycles. The van der Waals surface area contributed by atoms with E-state index in [1.165, 1.54) is 0 Å². The molecular formula is C14H18N2O3. The van der Waals surface area contributed by atoms with Crippen LogP contribution in [0.3, 0.4) is 0 Å². The van der Waals surface area contributed by atoms with Gasteiger partial charge in [-0.05, 0) is 37.5 Å². The predicted molar refractivity (Wildman–Crippen MR) is 69.3 cm³/mol. The van der Waals surface area contributed by atoms with Gasteiger partial charge in [-0.1, -0.05) is 6.42 Å². The highest BCUT2D eigenvalue weighted by molar-refractivity contribution is 5.85. The highest BCUT2D eigenvalue weighted by Gasteiger charge is 2.38. The van der Waals surface area contributed by atoms with Crippen LogP contribution >= 0.6 is 0 Å². The Morgan fingerprint density at radius 1 is 1.32 bits per heavy atom. The van der Waals surface area contributed by atoms with Crippen molar-refractivity contribution in [2.45, 2.75) is 32.2 Å². The predicted octanol–water partition coefficient (Wildman–Crippen LogP) is 1.76. The number of hydrogen-bond acceptors (Lipinski definition) is 3. The normalized spacial score (nSPS) is 23.8. The molecule has 5 nitrogen and oxygen atoms in total. The lowest BCUT2D eigenvalue weighted by Gasteiger charge is -2.19. The Hall–Kier alpha value is -1.91. The van der Waals surface area contributed by atoms with E-state index in [9.17, 15) is 9.59 Å². The molecule has 2 unspecified atom stereocenters. The first-order chi connectivity index (χ1) is 9.09. The third-order valence-electron chi connectivity index (χ3n) is 3.73. The van der Waals surface area contributed by atoms with Gasteiger partial charge in [-0.25, -0.2) is 0 Å². The molecule has 2 rings (SSSR count). The zero-order valence-corrected chi connectivity index (χ0v) is 10.9. The highest BCUT2D eigenvalue weighted by Crippen LogP contribution is 2.32. The number of aromatic nitrogens is 1. The number of carboxylic acids is 1. The molecule has 1 heterocycles. The molecule has 0 spiro atoms. The van der Waals surface area contributed by atoms with Crippen LogP contribution in [0, 0.1) is 11.8 Å². The number of carbonyl (C=O) groups is 2. The second-order valence-corrected chi connectivity index (χ2v) is 4.99. The van der Waals surface area contributed by atoms with Crippen LogP contribution < -0.4 is 5.32 Å². The summed E-state index contributed by atoms with van der Waals surface area (Å²) in [4.78, 5) is 27.2. The first-order valence-corrected chi connectivity index (χ1v) is 6.52. The fraction of sp³-hybridized carbons (Fsp3) is 0.500. The van der Waals surface area contributed by atoms with Gasteiger partial charge in [0.2, 0.25) is 5.91 Å². The van der Waals surface area contributed by atoms with Crippen molar-refractivity contribution in [3.8, 4) is 0 Å². The van der Waals surface area contributed by atoms with E-state index in [2.05, 4.69) is 10.3 Å². The van der Waals surface area contributed by atoms with E-state index in [0.29, 0.717) is 12.8 Å². The van der Waals surface area contributed by atoms with E-state index in [1.54, 1.807) is 12.4 Å². The van der Waals surface area contributed by atoms with Crippen molar-refractivity contribution >= 4 is 11.9 Å². The number of hydrogen-bond donors (Lipinski definition) is 2. The van der Waals surface area contributed by atoms with Gasteiger partial charge in [0.15, 0.2) is 0 Å². The minimum absolute atomic E-state index is 0.134. The molecule has 1 amide bonds. The molecule has 0 aliphatic heterocycles. The molecule has 102 valence electrons. The van der Waals surface area contributed by atoms with Crippen LogP contribution in [0.2, 0.25) is 0 Å². The lowest BCUT2D eigenvalue weighted by atomic mass is 9.95. The molecule has 0 radical (unpaired) electrons. The fourth-order valence-corrected chi connectivity index (χ4v) is 2.63. The van der Waals surface area contributed by atoms with Crippen LogP contribution in [0.1, 0.15) is 37.8 Å². The molecule has 1 aliphatic carbocycles. The molecule has 1 saturated carbocycles. The SMILES string of the molecule is C[C@@H](NC(=O)C1CCCC1C(=O)O)c1ccncc1. The fourth-order valence-electron chi connectivity index (χ4n) is 2.63. The first kappa shape index (κ1) is 13.5. The lowest BCUT2D eigenvalue weighted by Crippen LogP contribution is -2.36. The topological polar surface area (TPSA) is 79.3 Å². The van der Waals surface area contributed by atoms with Crippen molar-refractivity contribution in [1.82, 2.24) is 10.3 Å². The Kier molecular flexibility index (Phi) is 4.14. The van der Waals surface area contributed by atoms with E-state index in [1.807, 2.05) is 19.1 Å².